The monoisotopic (exact) mass is 287 g/mol. The minimum Gasteiger partial charge on any atom is -0.495 e. The maximum absolute atomic E-state index is 12.2. The van der Waals surface area contributed by atoms with Crippen molar-refractivity contribution >= 4 is 23.4 Å². The number of benzene rings is 2. The highest BCUT2D eigenvalue weighted by Crippen LogP contribution is 2.26. The van der Waals surface area contributed by atoms with E-state index in [9.17, 15) is 4.79 Å². The number of rotatable bonds is 5. The molecule has 20 heavy (non-hydrogen) atoms. The second kappa shape index (κ2) is 7.01. The van der Waals surface area contributed by atoms with Crippen LogP contribution in [-0.2, 0) is 4.79 Å². The molecule has 0 aromatic heterocycles. The molecule has 1 atom stereocenters. The third kappa shape index (κ3) is 3.78. The minimum atomic E-state index is -0.178. The first-order chi connectivity index (χ1) is 9.70. The topological polar surface area (TPSA) is 38.3 Å². The van der Waals surface area contributed by atoms with Crippen LogP contribution >= 0.6 is 11.8 Å². The van der Waals surface area contributed by atoms with E-state index in [0.717, 1.165) is 4.90 Å². The molecule has 2 aromatic carbocycles. The van der Waals surface area contributed by atoms with Crippen molar-refractivity contribution in [3.8, 4) is 5.75 Å². The largest absolute Gasteiger partial charge is 0.495 e. The molecule has 0 bridgehead atoms. The Kier molecular flexibility index (Phi) is 5.07. The number of amides is 1. The molecule has 0 saturated heterocycles. The molecule has 0 heterocycles. The van der Waals surface area contributed by atoms with Gasteiger partial charge in [0, 0.05) is 4.90 Å². The third-order valence-corrected chi connectivity index (χ3v) is 3.90. The normalized spacial score (nSPS) is 11.7. The van der Waals surface area contributed by atoms with Crippen molar-refractivity contribution in [2.75, 3.05) is 12.4 Å². The van der Waals surface area contributed by atoms with Crippen molar-refractivity contribution in [2.45, 2.75) is 17.1 Å². The van der Waals surface area contributed by atoms with E-state index in [1.807, 2.05) is 61.5 Å². The average molecular weight is 287 g/mol. The van der Waals surface area contributed by atoms with Gasteiger partial charge in [0.15, 0.2) is 0 Å². The number of hydrogen-bond donors (Lipinski definition) is 1. The smallest absolute Gasteiger partial charge is 0.237 e. The number of hydrogen-bond acceptors (Lipinski definition) is 3. The predicted molar refractivity (Wildman–Crippen MR) is 83.4 cm³/mol. The first kappa shape index (κ1) is 14.5. The number of thioether (sulfide) groups is 1. The molecule has 0 spiro atoms. The lowest BCUT2D eigenvalue weighted by Gasteiger charge is -2.14. The first-order valence-electron chi connectivity index (χ1n) is 6.36. The van der Waals surface area contributed by atoms with Crippen molar-refractivity contribution in [2.24, 2.45) is 0 Å². The summed E-state index contributed by atoms with van der Waals surface area (Å²) in [5.41, 5.74) is 0.695. The third-order valence-electron chi connectivity index (χ3n) is 2.79. The maximum atomic E-state index is 12.2. The Morgan fingerprint density at radius 2 is 1.75 bits per heavy atom. The molecule has 104 valence electrons. The minimum absolute atomic E-state index is 0.0386. The zero-order valence-corrected chi connectivity index (χ0v) is 12.3. The van der Waals surface area contributed by atoms with Gasteiger partial charge in [-0.2, -0.15) is 0 Å². The van der Waals surface area contributed by atoms with Crippen LogP contribution in [0, 0.1) is 0 Å². The van der Waals surface area contributed by atoms with Crippen LogP contribution in [0.2, 0.25) is 0 Å². The van der Waals surface area contributed by atoms with E-state index in [1.165, 1.54) is 11.8 Å². The van der Waals surface area contributed by atoms with Gasteiger partial charge < -0.3 is 10.1 Å². The summed E-state index contributed by atoms with van der Waals surface area (Å²) in [5.74, 6) is 0.626. The summed E-state index contributed by atoms with van der Waals surface area (Å²) in [4.78, 5) is 13.3. The SMILES string of the molecule is COc1ccccc1NC(=O)[C@@H](C)Sc1ccccc1. The van der Waals surface area contributed by atoms with Crippen LogP contribution in [0.1, 0.15) is 6.92 Å². The predicted octanol–water partition coefficient (Wildman–Crippen LogP) is 3.81. The Hall–Kier alpha value is -1.94. The number of carbonyl (C=O) groups is 1. The molecule has 0 saturated carbocycles. The van der Waals surface area contributed by atoms with Crippen molar-refractivity contribution < 1.29 is 9.53 Å². The van der Waals surface area contributed by atoms with E-state index in [4.69, 9.17) is 4.74 Å². The molecule has 3 nitrogen and oxygen atoms in total. The molecule has 1 amide bonds. The molecule has 0 fully saturated rings. The standard InChI is InChI=1S/C16H17NO2S/c1-12(20-13-8-4-3-5-9-13)16(18)17-14-10-6-7-11-15(14)19-2/h3-12H,1-2H3,(H,17,18)/t12-/m1/s1. The van der Waals surface area contributed by atoms with E-state index in [1.54, 1.807) is 7.11 Å². The van der Waals surface area contributed by atoms with E-state index >= 15 is 0 Å². The summed E-state index contributed by atoms with van der Waals surface area (Å²) >= 11 is 1.53. The molecular weight excluding hydrogens is 270 g/mol. The van der Waals surface area contributed by atoms with Crippen LogP contribution in [-0.4, -0.2) is 18.3 Å². The van der Waals surface area contributed by atoms with Crippen LogP contribution in [0.25, 0.3) is 0 Å². The molecule has 2 rings (SSSR count). The fourth-order valence-electron chi connectivity index (χ4n) is 1.74. The van der Waals surface area contributed by atoms with E-state index in [-0.39, 0.29) is 11.2 Å². The molecule has 0 aliphatic heterocycles. The second-order valence-corrected chi connectivity index (χ2v) is 5.68. The number of ether oxygens (including phenoxy) is 1. The fourth-order valence-corrected chi connectivity index (χ4v) is 2.63. The van der Waals surface area contributed by atoms with Gasteiger partial charge in [-0.3, -0.25) is 4.79 Å². The highest BCUT2D eigenvalue weighted by atomic mass is 32.2. The molecule has 0 radical (unpaired) electrons. The molecule has 0 aliphatic carbocycles. The summed E-state index contributed by atoms with van der Waals surface area (Å²) in [6, 6.07) is 17.3. The zero-order chi connectivity index (χ0) is 14.4. The Balaban J connectivity index is 2.01. The van der Waals surface area contributed by atoms with Gasteiger partial charge in [0.25, 0.3) is 0 Å². The second-order valence-electron chi connectivity index (χ2n) is 4.26. The van der Waals surface area contributed by atoms with Crippen molar-refractivity contribution in [1.29, 1.82) is 0 Å². The molecular formula is C16H17NO2S. The highest BCUT2D eigenvalue weighted by molar-refractivity contribution is 8.00. The van der Waals surface area contributed by atoms with E-state index in [2.05, 4.69) is 5.32 Å². The average Bonchev–Trinajstić information content (AvgIpc) is 2.48. The van der Waals surface area contributed by atoms with Gasteiger partial charge in [0.05, 0.1) is 18.0 Å². The van der Waals surface area contributed by atoms with Gasteiger partial charge in [-0.25, -0.2) is 0 Å². The number of methoxy groups -OCH3 is 1. The van der Waals surface area contributed by atoms with Gasteiger partial charge in [-0.05, 0) is 31.2 Å². The Morgan fingerprint density at radius 3 is 2.45 bits per heavy atom. The molecule has 0 aliphatic rings. The van der Waals surface area contributed by atoms with Gasteiger partial charge in [0.1, 0.15) is 5.75 Å². The summed E-state index contributed by atoms with van der Waals surface area (Å²) in [6.45, 7) is 1.89. The zero-order valence-electron chi connectivity index (χ0n) is 11.5. The van der Waals surface area contributed by atoms with Crippen molar-refractivity contribution in [1.82, 2.24) is 0 Å². The van der Waals surface area contributed by atoms with Gasteiger partial charge in [0.2, 0.25) is 5.91 Å². The summed E-state index contributed by atoms with van der Waals surface area (Å²) in [6.07, 6.45) is 0. The number of para-hydroxylation sites is 2. The summed E-state index contributed by atoms with van der Waals surface area (Å²) in [5, 5.41) is 2.72. The van der Waals surface area contributed by atoms with Gasteiger partial charge >= 0.3 is 0 Å². The molecule has 1 N–H and O–H groups in total. The lowest BCUT2D eigenvalue weighted by atomic mass is 10.3. The number of nitrogens with one attached hydrogen (secondary N) is 1. The quantitative estimate of drug-likeness (QED) is 0.850. The van der Waals surface area contributed by atoms with Crippen LogP contribution in [0.4, 0.5) is 5.69 Å². The van der Waals surface area contributed by atoms with E-state index in [0.29, 0.717) is 11.4 Å². The van der Waals surface area contributed by atoms with E-state index < -0.39 is 0 Å². The van der Waals surface area contributed by atoms with Crippen molar-refractivity contribution in [3.63, 3.8) is 0 Å². The summed E-state index contributed by atoms with van der Waals surface area (Å²) in [7, 11) is 1.59. The summed E-state index contributed by atoms with van der Waals surface area (Å²) < 4.78 is 5.22. The van der Waals surface area contributed by atoms with Crippen molar-refractivity contribution in [3.05, 3.63) is 54.6 Å². The molecule has 2 aromatic rings. The highest BCUT2D eigenvalue weighted by Gasteiger charge is 2.15. The fraction of sp³-hybridized carbons (Fsp3) is 0.188. The van der Waals surface area contributed by atoms with Crippen LogP contribution in [0.3, 0.4) is 0 Å². The lowest BCUT2D eigenvalue weighted by molar-refractivity contribution is -0.115. The van der Waals surface area contributed by atoms with Crippen LogP contribution in [0.15, 0.2) is 59.5 Å². The van der Waals surface area contributed by atoms with Gasteiger partial charge in [-0.1, -0.05) is 30.3 Å². The van der Waals surface area contributed by atoms with Crippen LogP contribution in [0.5, 0.6) is 5.75 Å². The molecule has 4 heteroatoms. The Morgan fingerprint density at radius 1 is 1.10 bits per heavy atom. The number of carbonyl (C=O) groups excluding carboxylic acids is 1. The first-order valence-corrected chi connectivity index (χ1v) is 7.24. The Labute approximate surface area is 123 Å². The van der Waals surface area contributed by atoms with Crippen LogP contribution < -0.4 is 10.1 Å². The lowest BCUT2D eigenvalue weighted by Crippen LogP contribution is -2.22. The Bertz CT molecular complexity index is 572. The molecule has 0 unspecified atom stereocenters. The van der Waals surface area contributed by atoms with Gasteiger partial charge in [-0.15, -0.1) is 11.8 Å². The maximum Gasteiger partial charge on any atom is 0.237 e. The number of anilines is 1.